The van der Waals surface area contributed by atoms with Crippen LogP contribution in [0.5, 0.6) is 0 Å². The van der Waals surface area contributed by atoms with Gasteiger partial charge in [0, 0.05) is 18.1 Å². The van der Waals surface area contributed by atoms with Crippen LogP contribution in [0.2, 0.25) is 0 Å². The number of aliphatic hydroxyl groups excluding tert-OH is 1. The van der Waals surface area contributed by atoms with Crippen LogP contribution in [-0.2, 0) is 0 Å². The molecule has 2 aliphatic rings. The third-order valence-electron chi connectivity index (χ3n) is 5.51. The molecule has 1 aliphatic carbocycles. The largest absolute Gasteiger partial charge is 0.394 e. The zero-order chi connectivity index (χ0) is 13.9. The smallest absolute Gasteiger partial charge is 0.0615 e. The maximum absolute atomic E-state index is 9.71. The molecule has 0 amide bonds. The molecule has 3 atom stereocenters. The molecule has 1 aliphatic heterocycles. The molecule has 1 saturated carbocycles. The Kier molecular flexibility index (Phi) is 5.23. The lowest BCUT2D eigenvalue weighted by atomic mass is 9.85. The Labute approximate surface area is 118 Å². The number of likely N-dealkylation sites (N-methyl/N-ethyl adjacent to an activating group) is 2. The van der Waals surface area contributed by atoms with E-state index < -0.39 is 0 Å². The molecule has 112 valence electrons. The van der Waals surface area contributed by atoms with Crippen molar-refractivity contribution in [2.75, 3.05) is 47.4 Å². The Bertz CT molecular complexity index is 279. The third-order valence-corrected chi connectivity index (χ3v) is 5.51. The van der Waals surface area contributed by atoms with E-state index in [2.05, 4.69) is 29.2 Å². The molecule has 3 unspecified atom stereocenters. The first-order valence-corrected chi connectivity index (χ1v) is 7.80. The molecule has 0 radical (unpaired) electrons. The minimum atomic E-state index is 0.000668. The van der Waals surface area contributed by atoms with Crippen LogP contribution in [0.4, 0.5) is 0 Å². The van der Waals surface area contributed by atoms with E-state index in [1.54, 1.807) is 0 Å². The summed E-state index contributed by atoms with van der Waals surface area (Å²) in [6.07, 6.45) is 6.18. The molecular weight excluding hydrogens is 238 g/mol. The summed E-state index contributed by atoms with van der Waals surface area (Å²) < 4.78 is 0. The van der Waals surface area contributed by atoms with Crippen LogP contribution in [0.3, 0.4) is 0 Å². The molecule has 1 saturated heterocycles. The van der Waals surface area contributed by atoms with Crippen LogP contribution in [0.25, 0.3) is 0 Å². The first-order chi connectivity index (χ1) is 9.11. The molecule has 0 spiro atoms. The van der Waals surface area contributed by atoms with Gasteiger partial charge in [0.25, 0.3) is 0 Å². The predicted molar refractivity (Wildman–Crippen MR) is 79.4 cm³/mol. The van der Waals surface area contributed by atoms with Crippen molar-refractivity contribution in [3.8, 4) is 0 Å². The van der Waals surface area contributed by atoms with Crippen molar-refractivity contribution >= 4 is 0 Å². The summed E-state index contributed by atoms with van der Waals surface area (Å²) in [5.74, 6) is 0.640. The Morgan fingerprint density at radius 2 is 2.16 bits per heavy atom. The number of hydrogen-bond donors (Lipinski definition) is 2. The quantitative estimate of drug-likeness (QED) is 0.747. The van der Waals surface area contributed by atoms with Gasteiger partial charge in [0.2, 0.25) is 0 Å². The SMILES string of the molecule is CNC1(CO)CCCC1CCN1CCC(N(C)C)C1. The summed E-state index contributed by atoms with van der Waals surface area (Å²) in [5.41, 5.74) is 0.000668. The summed E-state index contributed by atoms with van der Waals surface area (Å²) >= 11 is 0. The lowest BCUT2D eigenvalue weighted by Crippen LogP contribution is -2.50. The molecule has 4 heteroatoms. The predicted octanol–water partition coefficient (Wildman–Crippen LogP) is 0.763. The highest BCUT2D eigenvalue weighted by Crippen LogP contribution is 2.37. The van der Waals surface area contributed by atoms with Gasteiger partial charge in [-0.1, -0.05) is 6.42 Å². The normalized spacial score (nSPS) is 36.5. The molecule has 2 N–H and O–H groups in total. The highest BCUT2D eigenvalue weighted by molar-refractivity contribution is 4.98. The highest BCUT2D eigenvalue weighted by atomic mass is 16.3. The monoisotopic (exact) mass is 269 g/mol. The van der Waals surface area contributed by atoms with Gasteiger partial charge in [-0.15, -0.1) is 0 Å². The van der Waals surface area contributed by atoms with E-state index in [9.17, 15) is 5.11 Å². The van der Waals surface area contributed by atoms with Crippen LogP contribution in [0.15, 0.2) is 0 Å². The van der Waals surface area contributed by atoms with E-state index in [0.29, 0.717) is 5.92 Å². The average molecular weight is 269 g/mol. The van der Waals surface area contributed by atoms with E-state index in [4.69, 9.17) is 0 Å². The summed E-state index contributed by atoms with van der Waals surface area (Å²) in [6, 6.07) is 0.732. The van der Waals surface area contributed by atoms with Crippen LogP contribution >= 0.6 is 0 Å². The lowest BCUT2D eigenvalue weighted by Gasteiger charge is -2.34. The van der Waals surface area contributed by atoms with Crippen molar-refractivity contribution in [2.24, 2.45) is 5.92 Å². The average Bonchev–Trinajstić information content (AvgIpc) is 3.03. The summed E-state index contributed by atoms with van der Waals surface area (Å²) in [7, 11) is 6.37. The fourth-order valence-corrected chi connectivity index (χ4v) is 3.96. The van der Waals surface area contributed by atoms with E-state index in [0.717, 1.165) is 12.5 Å². The number of nitrogens with one attached hydrogen (secondary N) is 1. The Balaban J connectivity index is 1.79. The van der Waals surface area contributed by atoms with Crippen LogP contribution in [0.1, 0.15) is 32.1 Å². The van der Waals surface area contributed by atoms with E-state index in [1.165, 1.54) is 45.3 Å². The third kappa shape index (κ3) is 3.30. The van der Waals surface area contributed by atoms with Gasteiger partial charge in [-0.3, -0.25) is 0 Å². The molecule has 4 nitrogen and oxygen atoms in total. The number of nitrogens with zero attached hydrogens (tertiary/aromatic N) is 2. The van der Waals surface area contributed by atoms with Crippen molar-refractivity contribution < 1.29 is 5.11 Å². The Hall–Kier alpha value is -0.160. The number of hydrogen-bond acceptors (Lipinski definition) is 4. The van der Waals surface area contributed by atoms with Gasteiger partial charge in [-0.2, -0.15) is 0 Å². The maximum Gasteiger partial charge on any atom is 0.0615 e. The second-order valence-electron chi connectivity index (χ2n) is 6.65. The van der Waals surface area contributed by atoms with Crippen molar-refractivity contribution in [3.63, 3.8) is 0 Å². The van der Waals surface area contributed by atoms with Crippen molar-refractivity contribution in [1.82, 2.24) is 15.1 Å². The standard InChI is InChI=1S/C15H31N3O/c1-16-15(12-19)8-4-5-13(15)6-9-18-10-7-14(11-18)17(2)3/h13-14,16,19H,4-12H2,1-3H3. The topological polar surface area (TPSA) is 38.7 Å². The molecule has 0 aromatic heterocycles. The van der Waals surface area contributed by atoms with Gasteiger partial charge in [0.15, 0.2) is 0 Å². The molecule has 2 rings (SSSR count). The maximum atomic E-state index is 9.71. The minimum absolute atomic E-state index is 0.000668. The van der Waals surface area contributed by atoms with E-state index in [1.807, 2.05) is 7.05 Å². The van der Waals surface area contributed by atoms with E-state index >= 15 is 0 Å². The molecule has 1 heterocycles. The summed E-state index contributed by atoms with van der Waals surface area (Å²) in [4.78, 5) is 4.95. The lowest BCUT2D eigenvalue weighted by molar-refractivity contribution is 0.120. The van der Waals surface area contributed by atoms with Crippen molar-refractivity contribution in [3.05, 3.63) is 0 Å². The number of likely N-dealkylation sites (tertiary alicyclic amines) is 1. The minimum Gasteiger partial charge on any atom is -0.394 e. The van der Waals surface area contributed by atoms with Crippen molar-refractivity contribution in [1.29, 1.82) is 0 Å². The zero-order valence-corrected chi connectivity index (χ0v) is 12.9. The second-order valence-corrected chi connectivity index (χ2v) is 6.65. The molecule has 0 aromatic rings. The summed E-state index contributed by atoms with van der Waals surface area (Å²) in [5, 5.41) is 13.1. The first kappa shape index (κ1) is 15.2. The van der Waals surface area contributed by atoms with Crippen LogP contribution in [-0.4, -0.2) is 73.9 Å². The first-order valence-electron chi connectivity index (χ1n) is 7.80. The van der Waals surface area contributed by atoms with E-state index in [-0.39, 0.29) is 12.1 Å². The zero-order valence-electron chi connectivity index (χ0n) is 12.9. The van der Waals surface area contributed by atoms with Gasteiger partial charge in [0.05, 0.1) is 6.61 Å². The Morgan fingerprint density at radius 1 is 1.37 bits per heavy atom. The van der Waals surface area contributed by atoms with Gasteiger partial charge >= 0.3 is 0 Å². The van der Waals surface area contributed by atoms with Gasteiger partial charge in [-0.05, 0) is 65.8 Å². The number of aliphatic hydroxyl groups is 1. The van der Waals surface area contributed by atoms with Gasteiger partial charge < -0.3 is 20.2 Å². The molecule has 2 fully saturated rings. The van der Waals surface area contributed by atoms with Gasteiger partial charge in [0.1, 0.15) is 0 Å². The van der Waals surface area contributed by atoms with Gasteiger partial charge in [-0.25, -0.2) is 0 Å². The number of rotatable bonds is 6. The molecule has 0 aromatic carbocycles. The molecule has 0 bridgehead atoms. The van der Waals surface area contributed by atoms with Crippen molar-refractivity contribution in [2.45, 2.75) is 43.7 Å². The second kappa shape index (κ2) is 6.53. The fourth-order valence-electron chi connectivity index (χ4n) is 3.96. The summed E-state index contributed by atoms with van der Waals surface area (Å²) in [6.45, 7) is 3.93. The van der Waals surface area contributed by atoms with Crippen LogP contribution in [0, 0.1) is 5.92 Å². The Morgan fingerprint density at radius 3 is 2.74 bits per heavy atom. The molecular formula is C15H31N3O. The highest BCUT2D eigenvalue weighted by Gasteiger charge is 2.41. The molecule has 19 heavy (non-hydrogen) atoms. The van der Waals surface area contributed by atoms with Crippen LogP contribution < -0.4 is 5.32 Å². The fraction of sp³-hybridized carbons (Fsp3) is 1.00.